The number of hydrogen-bond donors (Lipinski definition) is 4. The zero-order valence-corrected chi connectivity index (χ0v) is 7.21. The van der Waals surface area contributed by atoms with Crippen LogP contribution < -0.4 is 0 Å². The van der Waals surface area contributed by atoms with Crippen molar-refractivity contribution in [2.75, 3.05) is 6.61 Å². The van der Waals surface area contributed by atoms with Gasteiger partial charge in [0.2, 0.25) is 0 Å². The number of rotatable bonds is 3. The van der Waals surface area contributed by atoms with Crippen molar-refractivity contribution in [1.29, 1.82) is 0 Å². The van der Waals surface area contributed by atoms with E-state index in [0.717, 1.165) is 6.07 Å². The van der Waals surface area contributed by atoms with Crippen molar-refractivity contribution < 1.29 is 25.2 Å². The fourth-order valence-corrected chi connectivity index (χ4v) is 1.08. The van der Waals surface area contributed by atoms with Crippen LogP contribution in [-0.4, -0.2) is 33.0 Å². The van der Waals surface area contributed by atoms with Gasteiger partial charge in [-0.3, -0.25) is 4.79 Å². The van der Waals surface area contributed by atoms with Gasteiger partial charge in [-0.05, 0) is 17.7 Å². The predicted octanol–water partition coefficient (Wildman–Crippen LogP) is 0.258. The first-order valence-electron chi connectivity index (χ1n) is 3.91. The molecule has 14 heavy (non-hydrogen) atoms. The van der Waals surface area contributed by atoms with Crippen molar-refractivity contribution in [2.24, 2.45) is 0 Å². The van der Waals surface area contributed by atoms with Crippen molar-refractivity contribution in [3.05, 3.63) is 23.8 Å². The lowest BCUT2D eigenvalue weighted by atomic mass is 10.00. The number of phenolic OH excluding ortho intramolecular Hbond substituents is 2. The fourth-order valence-electron chi connectivity index (χ4n) is 1.08. The van der Waals surface area contributed by atoms with E-state index in [1.165, 1.54) is 12.1 Å². The van der Waals surface area contributed by atoms with E-state index in [9.17, 15) is 4.79 Å². The van der Waals surface area contributed by atoms with Crippen molar-refractivity contribution >= 4 is 5.97 Å². The first-order chi connectivity index (χ1) is 6.56. The number of aliphatic hydroxyl groups excluding tert-OH is 1. The van der Waals surface area contributed by atoms with Crippen molar-refractivity contribution in [3.8, 4) is 11.5 Å². The third kappa shape index (κ3) is 1.94. The number of hydrogen-bond acceptors (Lipinski definition) is 4. The summed E-state index contributed by atoms with van der Waals surface area (Å²) < 4.78 is 0. The molecular weight excluding hydrogens is 188 g/mol. The Bertz CT molecular complexity index is 347. The zero-order valence-electron chi connectivity index (χ0n) is 7.21. The summed E-state index contributed by atoms with van der Waals surface area (Å²) in [4.78, 5) is 10.6. The largest absolute Gasteiger partial charge is 0.504 e. The third-order valence-electron chi connectivity index (χ3n) is 1.88. The van der Waals surface area contributed by atoms with Gasteiger partial charge in [0, 0.05) is 0 Å². The SMILES string of the molecule is O=C(O)C(CO)c1ccc(O)c(O)c1. The highest BCUT2D eigenvalue weighted by molar-refractivity contribution is 5.76. The van der Waals surface area contributed by atoms with Gasteiger partial charge in [-0.2, -0.15) is 0 Å². The molecule has 1 aromatic rings. The molecule has 0 bridgehead atoms. The van der Waals surface area contributed by atoms with Crippen LogP contribution in [0.2, 0.25) is 0 Å². The minimum Gasteiger partial charge on any atom is -0.504 e. The molecule has 0 spiro atoms. The molecule has 0 aliphatic heterocycles. The summed E-state index contributed by atoms with van der Waals surface area (Å²) in [7, 11) is 0. The van der Waals surface area contributed by atoms with Crippen LogP contribution >= 0.6 is 0 Å². The number of aliphatic carboxylic acids is 1. The molecule has 1 unspecified atom stereocenters. The van der Waals surface area contributed by atoms with E-state index in [0.29, 0.717) is 0 Å². The van der Waals surface area contributed by atoms with E-state index >= 15 is 0 Å². The molecule has 0 aliphatic rings. The summed E-state index contributed by atoms with van der Waals surface area (Å²) in [6.45, 7) is -0.556. The van der Waals surface area contributed by atoms with Crippen LogP contribution in [0.3, 0.4) is 0 Å². The Kier molecular flexibility index (Phi) is 2.93. The highest BCUT2D eigenvalue weighted by Crippen LogP contribution is 2.28. The molecule has 0 radical (unpaired) electrons. The lowest BCUT2D eigenvalue weighted by molar-refractivity contribution is -0.139. The Morgan fingerprint density at radius 3 is 2.36 bits per heavy atom. The molecule has 0 saturated carbocycles. The molecule has 5 heteroatoms. The van der Waals surface area contributed by atoms with Gasteiger partial charge >= 0.3 is 5.97 Å². The monoisotopic (exact) mass is 198 g/mol. The molecule has 1 aromatic carbocycles. The topological polar surface area (TPSA) is 98.0 Å². The van der Waals surface area contributed by atoms with E-state index in [1.54, 1.807) is 0 Å². The molecule has 0 saturated heterocycles. The molecule has 1 atom stereocenters. The number of aliphatic hydroxyl groups is 1. The quantitative estimate of drug-likeness (QED) is 0.522. The second-order valence-electron chi connectivity index (χ2n) is 2.82. The lowest BCUT2D eigenvalue weighted by Gasteiger charge is -2.09. The summed E-state index contributed by atoms with van der Waals surface area (Å²) in [6.07, 6.45) is 0. The number of aromatic hydroxyl groups is 2. The summed E-state index contributed by atoms with van der Waals surface area (Å²) in [5.74, 6) is -2.99. The summed E-state index contributed by atoms with van der Waals surface area (Å²) in [5, 5.41) is 35.5. The minimum atomic E-state index is -1.18. The third-order valence-corrected chi connectivity index (χ3v) is 1.88. The molecule has 0 amide bonds. The van der Waals surface area contributed by atoms with Gasteiger partial charge in [-0.15, -0.1) is 0 Å². The summed E-state index contributed by atoms with van der Waals surface area (Å²) in [5.41, 5.74) is 0.246. The van der Waals surface area contributed by atoms with Gasteiger partial charge < -0.3 is 20.4 Å². The number of benzene rings is 1. The number of phenols is 2. The molecular formula is C9H10O5. The number of carbonyl (C=O) groups is 1. The highest BCUT2D eigenvalue weighted by atomic mass is 16.4. The Balaban J connectivity index is 3.06. The van der Waals surface area contributed by atoms with E-state index in [-0.39, 0.29) is 11.3 Å². The maximum absolute atomic E-state index is 10.6. The number of carboxylic acid groups (broad SMARTS) is 1. The minimum absolute atomic E-state index is 0.246. The van der Waals surface area contributed by atoms with Gasteiger partial charge in [-0.25, -0.2) is 0 Å². The fraction of sp³-hybridized carbons (Fsp3) is 0.222. The van der Waals surface area contributed by atoms with Crippen LogP contribution in [0, 0.1) is 0 Å². The van der Waals surface area contributed by atoms with E-state index < -0.39 is 24.2 Å². The van der Waals surface area contributed by atoms with Crippen LogP contribution in [-0.2, 0) is 4.79 Å². The van der Waals surface area contributed by atoms with Crippen molar-refractivity contribution in [3.63, 3.8) is 0 Å². The van der Waals surface area contributed by atoms with Crippen LogP contribution in [0.1, 0.15) is 11.5 Å². The van der Waals surface area contributed by atoms with Gasteiger partial charge in [0.25, 0.3) is 0 Å². The van der Waals surface area contributed by atoms with Crippen LogP contribution in [0.25, 0.3) is 0 Å². The molecule has 5 nitrogen and oxygen atoms in total. The predicted molar refractivity (Wildman–Crippen MR) is 47.2 cm³/mol. The van der Waals surface area contributed by atoms with E-state index in [4.69, 9.17) is 20.4 Å². The lowest BCUT2D eigenvalue weighted by Crippen LogP contribution is -2.15. The van der Waals surface area contributed by atoms with Gasteiger partial charge in [0.15, 0.2) is 11.5 Å². The summed E-state index contributed by atoms with van der Waals surface area (Å²) in [6, 6.07) is 3.63. The molecule has 76 valence electrons. The van der Waals surface area contributed by atoms with E-state index in [1.807, 2.05) is 0 Å². The maximum Gasteiger partial charge on any atom is 0.313 e. The average Bonchev–Trinajstić information content (AvgIpc) is 2.11. The standard InChI is InChI=1S/C9H10O5/c10-4-6(9(13)14)5-1-2-7(11)8(12)3-5/h1-3,6,10-12H,4H2,(H,13,14). The van der Waals surface area contributed by atoms with Gasteiger partial charge in [0.1, 0.15) is 5.92 Å². The Labute approximate surface area is 79.9 Å². The molecule has 1 rings (SSSR count). The van der Waals surface area contributed by atoms with Gasteiger partial charge in [-0.1, -0.05) is 6.07 Å². The second kappa shape index (κ2) is 3.97. The average molecular weight is 198 g/mol. The van der Waals surface area contributed by atoms with Crippen molar-refractivity contribution in [1.82, 2.24) is 0 Å². The molecule has 4 N–H and O–H groups in total. The molecule has 0 aromatic heterocycles. The Morgan fingerprint density at radius 1 is 1.29 bits per heavy atom. The summed E-state index contributed by atoms with van der Waals surface area (Å²) >= 11 is 0. The second-order valence-corrected chi connectivity index (χ2v) is 2.82. The van der Waals surface area contributed by atoms with Gasteiger partial charge in [0.05, 0.1) is 6.61 Å². The maximum atomic E-state index is 10.6. The first kappa shape index (κ1) is 10.3. The highest BCUT2D eigenvalue weighted by Gasteiger charge is 2.19. The Morgan fingerprint density at radius 2 is 1.93 bits per heavy atom. The normalized spacial score (nSPS) is 12.4. The smallest absolute Gasteiger partial charge is 0.313 e. The molecule has 0 fully saturated rings. The first-order valence-corrected chi connectivity index (χ1v) is 3.91. The molecule has 0 aliphatic carbocycles. The van der Waals surface area contributed by atoms with Crippen LogP contribution in [0.5, 0.6) is 11.5 Å². The van der Waals surface area contributed by atoms with E-state index in [2.05, 4.69) is 0 Å². The Hall–Kier alpha value is -1.75. The number of carboxylic acids is 1. The van der Waals surface area contributed by atoms with Crippen LogP contribution in [0.4, 0.5) is 0 Å². The van der Waals surface area contributed by atoms with Crippen molar-refractivity contribution in [2.45, 2.75) is 5.92 Å². The van der Waals surface area contributed by atoms with Crippen LogP contribution in [0.15, 0.2) is 18.2 Å². The molecule has 0 heterocycles. The zero-order chi connectivity index (χ0) is 10.7.